The topological polar surface area (TPSA) is 80.3 Å². The molecule has 2 N–H and O–H groups in total. The van der Waals surface area contributed by atoms with Gasteiger partial charge in [0.2, 0.25) is 5.91 Å². The maximum Gasteiger partial charge on any atom is 0.267 e. The van der Waals surface area contributed by atoms with Crippen LogP contribution in [0.3, 0.4) is 0 Å². The first kappa shape index (κ1) is 21.7. The molecule has 4 aromatic rings. The summed E-state index contributed by atoms with van der Waals surface area (Å²) in [6, 6.07) is 19.1. The lowest BCUT2D eigenvalue weighted by molar-refractivity contribution is -0.115. The average Bonchev–Trinajstić information content (AvgIpc) is 3.47. The number of ether oxygens (including phenoxy) is 1. The van der Waals surface area contributed by atoms with E-state index in [0.717, 1.165) is 11.1 Å². The van der Waals surface area contributed by atoms with E-state index in [0.29, 0.717) is 33.7 Å². The van der Waals surface area contributed by atoms with Crippen molar-refractivity contribution in [2.24, 2.45) is 0 Å². The van der Waals surface area contributed by atoms with Crippen LogP contribution in [0.5, 0.6) is 5.75 Å². The number of benzene rings is 2. The first-order valence-corrected chi connectivity index (χ1v) is 11.7. The molecule has 0 unspecified atom stereocenters. The summed E-state index contributed by atoms with van der Waals surface area (Å²) >= 11 is 2.65. The van der Waals surface area contributed by atoms with Crippen LogP contribution >= 0.6 is 22.7 Å². The zero-order valence-corrected chi connectivity index (χ0v) is 19.0. The van der Waals surface area contributed by atoms with Gasteiger partial charge in [-0.05, 0) is 41.6 Å². The molecule has 32 heavy (non-hydrogen) atoms. The van der Waals surface area contributed by atoms with Gasteiger partial charge in [-0.1, -0.05) is 42.5 Å². The van der Waals surface area contributed by atoms with Crippen molar-refractivity contribution in [2.45, 2.75) is 20.0 Å². The molecule has 0 saturated heterocycles. The molecule has 2 heterocycles. The highest BCUT2D eigenvalue weighted by Gasteiger charge is 2.14. The SMILES string of the molecule is Cc1ccc(NC(=O)Cc2csc(NC(=O)c3cccs3)n2)c(OCc2ccccc2)c1. The van der Waals surface area contributed by atoms with Crippen molar-refractivity contribution in [3.8, 4) is 5.75 Å². The van der Waals surface area contributed by atoms with Gasteiger partial charge in [-0.25, -0.2) is 4.98 Å². The number of aromatic nitrogens is 1. The van der Waals surface area contributed by atoms with Gasteiger partial charge in [0.25, 0.3) is 5.91 Å². The van der Waals surface area contributed by atoms with Crippen molar-refractivity contribution in [3.05, 3.63) is 93.1 Å². The van der Waals surface area contributed by atoms with Crippen LogP contribution in [0.4, 0.5) is 10.8 Å². The second-order valence-electron chi connectivity index (χ2n) is 7.07. The Morgan fingerprint density at radius 2 is 1.84 bits per heavy atom. The molecule has 0 saturated carbocycles. The summed E-state index contributed by atoms with van der Waals surface area (Å²) in [7, 11) is 0. The number of carbonyl (C=O) groups excluding carboxylic acids is 2. The molecule has 2 amide bonds. The van der Waals surface area contributed by atoms with Crippen LogP contribution in [-0.4, -0.2) is 16.8 Å². The molecule has 4 rings (SSSR count). The number of aryl methyl sites for hydroxylation is 1. The van der Waals surface area contributed by atoms with E-state index in [1.165, 1.54) is 22.7 Å². The Bertz CT molecular complexity index is 1200. The van der Waals surface area contributed by atoms with E-state index < -0.39 is 0 Å². The number of thiazole rings is 1. The molecule has 162 valence electrons. The summed E-state index contributed by atoms with van der Waals surface area (Å²) in [5, 5.41) is 9.75. The highest BCUT2D eigenvalue weighted by atomic mass is 32.1. The maximum absolute atomic E-state index is 12.6. The largest absolute Gasteiger partial charge is 0.487 e. The lowest BCUT2D eigenvalue weighted by Crippen LogP contribution is -2.16. The average molecular weight is 464 g/mol. The highest BCUT2D eigenvalue weighted by Crippen LogP contribution is 2.27. The molecular formula is C24H21N3O3S2. The Hall–Kier alpha value is -3.49. The molecule has 6 nitrogen and oxygen atoms in total. The third-order valence-electron chi connectivity index (χ3n) is 4.51. The van der Waals surface area contributed by atoms with Gasteiger partial charge in [0.1, 0.15) is 12.4 Å². The Morgan fingerprint density at radius 3 is 2.62 bits per heavy atom. The summed E-state index contributed by atoms with van der Waals surface area (Å²) < 4.78 is 5.96. The van der Waals surface area contributed by atoms with Crippen LogP contribution in [0.15, 0.2) is 71.4 Å². The molecule has 0 fully saturated rings. The van der Waals surface area contributed by atoms with Gasteiger partial charge in [0, 0.05) is 5.38 Å². The number of nitrogens with one attached hydrogen (secondary N) is 2. The summed E-state index contributed by atoms with van der Waals surface area (Å²) in [5.74, 6) is 0.203. The minimum atomic E-state index is -0.208. The van der Waals surface area contributed by atoms with E-state index in [2.05, 4.69) is 15.6 Å². The molecule has 2 aromatic carbocycles. The Balaban J connectivity index is 1.37. The molecule has 0 aliphatic carbocycles. The smallest absolute Gasteiger partial charge is 0.267 e. The van der Waals surface area contributed by atoms with Gasteiger partial charge in [-0.15, -0.1) is 22.7 Å². The second kappa shape index (κ2) is 10.2. The van der Waals surface area contributed by atoms with Gasteiger partial charge in [0.05, 0.1) is 22.7 Å². The monoisotopic (exact) mass is 463 g/mol. The van der Waals surface area contributed by atoms with Gasteiger partial charge < -0.3 is 10.1 Å². The van der Waals surface area contributed by atoms with Gasteiger partial charge >= 0.3 is 0 Å². The van der Waals surface area contributed by atoms with Gasteiger partial charge in [0.15, 0.2) is 5.13 Å². The van der Waals surface area contributed by atoms with Crippen LogP contribution in [0.1, 0.15) is 26.5 Å². The fourth-order valence-electron chi connectivity index (χ4n) is 2.96. The number of nitrogens with zero attached hydrogens (tertiary/aromatic N) is 1. The quantitative estimate of drug-likeness (QED) is 0.360. The summed E-state index contributed by atoms with van der Waals surface area (Å²) in [6.07, 6.45) is 0.0946. The summed E-state index contributed by atoms with van der Waals surface area (Å²) in [5.41, 5.74) is 3.29. The third-order valence-corrected chi connectivity index (χ3v) is 6.18. The molecule has 2 aromatic heterocycles. The van der Waals surface area contributed by atoms with E-state index in [9.17, 15) is 9.59 Å². The number of thiophene rings is 1. The molecule has 0 bridgehead atoms. The predicted octanol–water partition coefficient (Wildman–Crippen LogP) is 5.53. The standard InChI is InChI=1S/C24H21N3O3S2/c1-16-9-10-19(20(12-16)30-14-17-6-3-2-4-7-17)26-22(28)13-18-15-32-24(25-18)27-23(29)21-8-5-11-31-21/h2-12,15H,13-14H2,1H3,(H,26,28)(H,25,27,29). The number of anilines is 2. The second-order valence-corrected chi connectivity index (χ2v) is 8.88. The Morgan fingerprint density at radius 1 is 1.00 bits per heavy atom. The van der Waals surface area contributed by atoms with Crippen molar-refractivity contribution < 1.29 is 14.3 Å². The lowest BCUT2D eigenvalue weighted by Gasteiger charge is -2.13. The Kier molecular flexibility index (Phi) is 6.94. The lowest BCUT2D eigenvalue weighted by atomic mass is 10.2. The number of hydrogen-bond acceptors (Lipinski definition) is 6. The number of amides is 2. The zero-order chi connectivity index (χ0) is 22.3. The first-order chi connectivity index (χ1) is 15.6. The Labute approximate surface area is 193 Å². The van der Waals surface area contributed by atoms with Crippen molar-refractivity contribution in [3.63, 3.8) is 0 Å². The molecule has 8 heteroatoms. The fourth-order valence-corrected chi connectivity index (χ4v) is 4.28. The van der Waals surface area contributed by atoms with Crippen molar-refractivity contribution in [1.82, 2.24) is 4.98 Å². The van der Waals surface area contributed by atoms with E-state index in [1.54, 1.807) is 11.4 Å². The molecule has 0 radical (unpaired) electrons. The number of hydrogen-bond donors (Lipinski definition) is 2. The molecule has 0 aliphatic rings. The first-order valence-electron chi connectivity index (χ1n) is 9.93. The van der Waals surface area contributed by atoms with Crippen LogP contribution in [0.2, 0.25) is 0 Å². The summed E-state index contributed by atoms with van der Waals surface area (Å²) in [4.78, 5) is 29.7. The molecule has 0 atom stereocenters. The van der Waals surface area contributed by atoms with Crippen LogP contribution in [0, 0.1) is 6.92 Å². The molecule has 0 spiro atoms. The van der Waals surface area contributed by atoms with Gasteiger partial charge in [-0.3, -0.25) is 14.9 Å². The minimum absolute atomic E-state index is 0.0946. The number of carbonyl (C=O) groups is 2. The van der Waals surface area contributed by atoms with Crippen LogP contribution in [-0.2, 0) is 17.8 Å². The van der Waals surface area contributed by atoms with Crippen molar-refractivity contribution >= 4 is 45.3 Å². The van der Waals surface area contributed by atoms with E-state index in [4.69, 9.17) is 4.74 Å². The van der Waals surface area contributed by atoms with Crippen molar-refractivity contribution in [1.29, 1.82) is 0 Å². The normalized spacial score (nSPS) is 10.5. The van der Waals surface area contributed by atoms with E-state index in [1.807, 2.05) is 66.9 Å². The maximum atomic E-state index is 12.6. The highest BCUT2D eigenvalue weighted by molar-refractivity contribution is 7.14. The molecule has 0 aliphatic heterocycles. The predicted molar refractivity (Wildman–Crippen MR) is 129 cm³/mol. The fraction of sp³-hybridized carbons (Fsp3) is 0.125. The van der Waals surface area contributed by atoms with E-state index in [-0.39, 0.29) is 18.2 Å². The number of rotatable bonds is 8. The zero-order valence-electron chi connectivity index (χ0n) is 17.3. The van der Waals surface area contributed by atoms with Gasteiger partial charge in [-0.2, -0.15) is 0 Å². The third kappa shape index (κ3) is 5.81. The molecular weight excluding hydrogens is 442 g/mol. The van der Waals surface area contributed by atoms with Crippen LogP contribution in [0.25, 0.3) is 0 Å². The summed E-state index contributed by atoms with van der Waals surface area (Å²) in [6.45, 7) is 2.38. The van der Waals surface area contributed by atoms with Crippen molar-refractivity contribution in [2.75, 3.05) is 10.6 Å². The van der Waals surface area contributed by atoms with E-state index >= 15 is 0 Å². The van der Waals surface area contributed by atoms with Crippen LogP contribution < -0.4 is 15.4 Å². The minimum Gasteiger partial charge on any atom is -0.487 e.